The third kappa shape index (κ3) is 5.68. The van der Waals surface area contributed by atoms with Crippen LogP contribution in [-0.2, 0) is 18.6 Å². The van der Waals surface area contributed by atoms with E-state index < -0.39 is 31.3 Å². The number of allylic oxidation sites excluding steroid dienone is 1. The number of rotatable bonds is 7. The van der Waals surface area contributed by atoms with Crippen LogP contribution in [0.3, 0.4) is 0 Å². The van der Waals surface area contributed by atoms with Crippen molar-refractivity contribution in [1.29, 1.82) is 0 Å². The first-order valence-electron chi connectivity index (χ1n) is 12.9. The van der Waals surface area contributed by atoms with Crippen LogP contribution in [0.2, 0.25) is 0 Å². The second-order valence-electron chi connectivity index (χ2n) is 10.1. The lowest BCUT2D eigenvalue weighted by Crippen LogP contribution is -2.59. The topological polar surface area (TPSA) is 101 Å². The number of amides is 3. The molecular formula is C28H32ClN4O6P. The van der Waals surface area contributed by atoms with Crippen LogP contribution >= 0.6 is 18.1 Å². The number of hydrogen-bond acceptors (Lipinski definition) is 6. The molecule has 0 saturated carbocycles. The molecule has 5 rings (SSSR count). The third-order valence-electron chi connectivity index (χ3n) is 7.25. The van der Waals surface area contributed by atoms with Crippen molar-refractivity contribution in [3.05, 3.63) is 83.7 Å². The van der Waals surface area contributed by atoms with E-state index in [-0.39, 0.29) is 32.2 Å². The molecule has 0 spiro atoms. The molecule has 10 nitrogen and oxygen atoms in total. The number of carbonyl (C=O) groups excluding carboxylic acids is 2. The molecule has 2 aromatic carbocycles. The zero-order valence-electron chi connectivity index (χ0n) is 22.6. The van der Waals surface area contributed by atoms with Crippen molar-refractivity contribution < 1.29 is 28.2 Å². The molecule has 1 N–H and O–H groups in total. The van der Waals surface area contributed by atoms with E-state index in [9.17, 15) is 14.2 Å². The Morgan fingerprint density at radius 1 is 1.12 bits per heavy atom. The molecule has 0 aromatic heterocycles. The largest absolute Gasteiger partial charge is 0.448 e. The van der Waals surface area contributed by atoms with Gasteiger partial charge < -0.3 is 24.2 Å². The van der Waals surface area contributed by atoms with Crippen LogP contribution in [0.4, 0.5) is 9.59 Å². The predicted octanol–water partition coefficient (Wildman–Crippen LogP) is 5.33. The van der Waals surface area contributed by atoms with Gasteiger partial charge in [-0.1, -0.05) is 55.1 Å². The molecule has 2 aromatic rings. The lowest BCUT2D eigenvalue weighted by atomic mass is 9.98. The molecule has 3 amide bonds. The summed E-state index contributed by atoms with van der Waals surface area (Å²) in [4.78, 5) is 29.0. The van der Waals surface area contributed by atoms with Gasteiger partial charge in [0.1, 0.15) is 12.7 Å². The zero-order valence-corrected chi connectivity index (χ0v) is 24.2. The molecule has 1 saturated heterocycles. The van der Waals surface area contributed by atoms with E-state index in [1.807, 2.05) is 31.2 Å². The Hall–Kier alpha value is -3.14. The quantitative estimate of drug-likeness (QED) is 0.438. The first-order valence-corrected chi connectivity index (χ1v) is 15.4. The predicted molar refractivity (Wildman–Crippen MR) is 152 cm³/mol. The highest BCUT2D eigenvalue weighted by molar-refractivity contribution is 7.83. The van der Waals surface area contributed by atoms with Crippen molar-refractivity contribution in [2.45, 2.75) is 25.2 Å². The molecule has 212 valence electrons. The van der Waals surface area contributed by atoms with E-state index in [0.717, 1.165) is 27.8 Å². The highest BCUT2D eigenvalue weighted by atomic mass is 35.7. The number of urea groups is 1. The number of nitrogens with zero attached hydrogens (tertiary/aromatic N) is 3. The number of benzene rings is 2. The standard InChI is InChI=1S/C28H32ClN4O6P/c1-18-13-33(27(34)30-19(18)2)26-15-32(14-20(39-26)16-38-40(29,36)31(3)4)28(35)37-17-25-23-11-7-5-9-21(23)22-10-6-8-12-24(22)25/h5-13,20,25-26H,2,14-17H2,1,3-4H3,(H,30,34). The average molecular weight is 587 g/mol. The van der Waals surface area contributed by atoms with Gasteiger partial charge >= 0.3 is 19.0 Å². The summed E-state index contributed by atoms with van der Waals surface area (Å²) in [5.74, 6) is -0.0981. The van der Waals surface area contributed by atoms with E-state index in [0.29, 0.717) is 5.70 Å². The minimum atomic E-state index is -3.57. The van der Waals surface area contributed by atoms with E-state index in [4.69, 9.17) is 25.2 Å². The van der Waals surface area contributed by atoms with Crippen LogP contribution in [0.25, 0.3) is 11.1 Å². The van der Waals surface area contributed by atoms with Crippen molar-refractivity contribution in [2.75, 3.05) is 40.4 Å². The molecule has 3 atom stereocenters. The molecule has 3 unspecified atom stereocenters. The molecule has 3 aliphatic rings. The summed E-state index contributed by atoms with van der Waals surface area (Å²) in [5.41, 5.74) is 5.71. The average Bonchev–Trinajstić information content (AvgIpc) is 3.26. The Kier molecular flexibility index (Phi) is 8.08. The lowest BCUT2D eigenvalue weighted by Gasteiger charge is -2.42. The van der Waals surface area contributed by atoms with Gasteiger partial charge in [0.05, 0.1) is 19.7 Å². The Morgan fingerprint density at radius 3 is 2.38 bits per heavy atom. The summed E-state index contributed by atoms with van der Waals surface area (Å²) in [5, 5.41) is 2.69. The second-order valence-corrected chi connectivity index (χ2v) is 13.4. The monoisotopic (exact) mass is 586 g/mol. The molecule has 12 heteroatoms. The Morgan fingerprint density at radius 2 is 1.75 bits per heavy atom. The van der Waals surface area contributed by atoms with Gasteiger partial charge in [-0.2, -0.15) is 0 Å². The van der Waals surface area contributed by atoms with Gasteiger partial charge in [-0.25, -0.2) is 14.3 Å². The van der Waals surface area contributed by atoms with Gasteiger partial charge in [-0.3, -0.25) is 9.46 Å². The normalized spacial score (nSPS) is 22.4. The van der Waals surface area contributed by atoms with Gasteiger partial charge in [0.2, 0.25) is 0 Å². The summed E-state index contributed by atoms with van der Waals surface area (Å²) < 4.78 is 31.3. The maximum absolute atomic E-state index is 13.4. The first-order chi connectivity index (χ1) is 19.0. The van der Waals surface area contributed by atoms with Crippen LogP contribution in [0.5, 0.6) is 0 Å². The maximum atomic E-state index is 13.4. The fraction of sp³-hybridized carbons (Fsp3) is 0.357. The molecule has 1 fully saturated rings. The minimum absolute atomic E-state index is 0.0586. The number of halogens is 1. The molecule has 2 aliphatic heterocycles. The maximum Gasteiger partial charge on any atom is 0.410 e. The molecule has 0 bridgehead atoms. The summed E-state index contributed by atoms with van der Waals surface area (Å²) in [6.07, 6.45) is -0.501. The number of ether oxygens (including phenoxy) is 2. The molecular weight excluding hydrogens is 555 g/mol. The van der Waals surface area contributed by atoms with Gasteiger partial charge in [0.15, 0.2) is 6.23 Å². The number of carbonyl (C=O) groups is 2. The third-order valence-corrected chi connectivity index (χ3v) is 9.88. The molecule has 1 aliphatic carbocycles. The molecule has 2 heterocycles. The Labute approximate surface area is 238 Å². The van der Waals surface area contributed by atoms with Crippen molar-refractivity contribution in [3.8, 4) is 11.1 Å². The van der Waals surface area contributed by atoms with Crippen molar-refractivity contribution >= 4 is 30.2 Å². The summed E-state index contributed by atoms with van der Waals surface area (Å²) in [6.45, 7) is 2.21. The van der Waals surface area contributed by atoms with E-state index in [2.05, 4.69) is 36.2 Å². The Balaban J connectivity index is 1.33. The van der Waals surface area contributed by atoms with Gasteiger partial charge in [0, 0.05) is 17.8 Å². The van der Waals surface area contributed by atoms with E-state index in [1.165, 1.54) is 14.5 Å². The van der Waals surface area contributed by atoms with Gasteiger partial charge in [-0.05, 0) is 60.1 Å². The van der Waals surface area contributed by atoms with Crippen LogP contribution in [0, 0.1) is 0 Å². The second kappa shape index (κ2) is 11.4. The van der Waals surface area contributed by atoms with Crippen molar-refractivity contribution in [2.24, 2.45) is 0 Å². The van der Waals surface area contributed by atoms with Gasteiger partial charge in [-0.15, -0.1) is 0 Å². The van der Waals surface area contributed by atoms with Crippen LogP contribution in [-0.4, -0.2) is 79.3 Å². The summed E-state index contributed by atoms with van der Waals surface area (Å²) in [7, 11) is 3.08. The SMILES string of the molecule is C=C1NC(=O)N(C2CN(C(=O)OCC3c4ccccc4-c4ccccc43)CC(COP(=O)(Cl)N(C)C)O2)C=C1C. The fourth-order valence-electron chi connectivity index (χ4n) is 5.04. The highest BCUT2D eigenvalue weighted by Gasteiger charge is 2.39. The number of morpholine rings is 1. The Bertz CT molecular complexity index is 1370. The molecule has 40 heavy (non-hydrogen) atoms. The minimum Gasteiger partial charge on any atom is -0.448 e. The van der Waals surface area contributed by atoms with Crippen LogP contribution in [0.15, 0.2) is 72.6 Å². The van der Waals surface area contributed by atoms with E-state index >= 15 is 0 Å². The smallest absolute Gasteiger partial charge is 0.410 e. The number of hydrogen-bond donors (Lipinski definition) is 1. The van der Waals surface area contributed by atoms with Gasteiger partial charge in [0.25, 0.3) is 0 Å². The van der Waals surface area contributed by atoms with E-state index in [1.54, 1.807) is 20.3 Å². The lowest BCUT2D eigenvalue weighted by molar-refractivity contribution is -0.132. The zero-order chi connectivity index (χ0) is 28.6. The van der Waals surface area contributed by atoms with Crippen LogP contribution < -0.4 is 5.32 Å². The highest BCUT2D eigenvalue weighted by Crippen LogP contribution is 2.54. The van der Waals surface area contributed by atoms with Crippen LogP contribution in [0.1, 0.15) is 24.0 Å². The fourth-order valence-corrected chi connectivity index (χ4v) is 5.79. The number of nitrogens with one attached hydrogen (secondary N) is 1. The first kappa shape index (κ1) is 28.4. The van der Waals surface area contributed by atoms with Crippen molar-refractivity contribution in [1.82, 2.24) is 19.8 Å². The van der Waals surface area contributed by atoms with Crippen molar-refractivity contribution in [3.63, 3.8) is 0 Å². The number of fused-ring (bicyclic) bond motifs is 3. The summed E-state index contributed by atoms with van der Waals surface area (Å²) >= 11 is 6.04. The summed E-state index contributed by atoms with van der Waals surface area (Å²) in [6, 6.07) is 15.8. The molecule has 0 radical (unpaired) electrons.